The van der Waals surface area contributed by atoms with Gasteiger partial charge in [0, 0.05) is 12.6 Å². The van der Waals surface area contributed by atoms with E-state index in [0.29, 0.717) is 0 Å². The van der Waals surface area contributed by atoms with Crippen LogP contribution in [0.3, 0.4) is 0 Å². The molecule has 0 radical (unpaired) electrons. The minimum absolute atomic E-state index is 0.188. The van der Waals surface area contributed by atoms with E-state index < -0.39 is 0 Å². The van der Waals surface area contributed by atoms with E-state index in [1.54, 1.807) is 6.08 Å². The molecule has 0 aromatic carbocycles. The number of hydrogen-bond donors (Lipinski definition) is 2. The quantitative estimate of drug-likeness (QED) is 0.511. The Morgan fingerprint density at radius 3 is 2.88 bits per heavy atom. The highest BCUT2D eigenvalue weighted by atomic mass is 16.3. The summed E-state index contributed by atoms with van der Waals surface area (Å²) in [5.74, 6) is 0. The molecule has 2 N–H and O–H groups in total. The lowest BCUT2D eigenvalue weighted by atomic mass is 10.3. The van der Waals surface area contributed by atoms with Crippen molar-refractivity contribution < 1.29 is 5.11 Å². The fraction of sp³-hybridized carbons (Fsp3) is 0.667. The summed E-state index contributed by atoms with van der Waals surface area (Å²) in [6, 6.07) is 0.188. The zero-order valence-electron chi connectivity index (χ0n) is 5.22. The predicted octanol–water partition coefficient (Wildman–Crippen LogP) is 0.143. The fourth-order valence-corrected chi connectivity index (χ4v) is 0.349. The van der Waals surface area contributed by atoms with Crippen molar-refractivity contribution in [1.29, 1.82) is 0 Å². The Hall–Kier alpha value is -0.340. The monoisotopic (exact) mass is 115 g/mol. The molecule has 0 spiro atoms. The molecule has 0 saturated carbocycles. The highest BCUT2D eigenvalue weighted by molar-refractivity contribution is 4.71. The van der Waals surface area contributed by atoms with E-state index in [1.165, 1.54) is 0 Å². The van der Waals surface area contributed by atoms with E-state index >= 15 is 0 Å². The molecule has 48 valence electrons. The molecule has 0 fully saturated rings. The molecule has 0 heterocycles. The van der Waals surface area contributed by atoms with Crippen LogP contribution in [0.25, 0.3) is 0 Å². The molecule has 2 nitrogen and oxygen atoms in total. The van der Waals surface area contributed by atoms with Crippen LogP contribution in [-0.4, -0.2) is 24.3 Å². The van der Waals surface area contributed by atoms with Crippen molar-refractivity contribution in [2.75, 3.05) is 13.2 Å². The maximum absolute atomic E-state index is 8.46. The number of hydrogen-bond acceptors (Lipinski definition) is 2. The third-order valence-electron chi connectivity index (χ3n) is 0.885. The Kier molecular flexibility index (Phi) is 4.61. The minimum atomic E-state index is 0.188. The molecular weight excluding hydrogens is 102 g/mol. The molecular formula is C6H13NO. The second-order valence-corrected chi connectivity index (χ2v) is 1.78. The Morgan fingerprint density at radius 2 is 2.50 bits per heavy atom. The van der Waals surface area contributed by atoms with Gasteiger partial charge in [0.1, 0.15) is 0 Å². The van der Waals surface area contributed by atoms with Crippen molar-refractivity contribution >= 4 is 0 Å². The smallest absolute Gasteiger partial charge is 0.0582 e. The summed E-state index contributed by atoms with van der Waals surface area (Å²) >= 11 is 0. The van der Waals surface area contributed by atoms with Crippen LogP contribution in [0.4, 0.5) is 0 Å². The van der Waals surface area contributed by atoms with Crippen LogP contribution in [0, 0.1) is 0 Å². The lowest BCUT2D eigenvalue weighted by Gasteiger charge is -2.06. The van der Waals surface area contributed by atoms with Gasteiger partial charge in [0.15, 0.2) is 0 Å². The van der Waals surface area contributed by atoms with Crippen LogP contribution in [0.2, 0.25) is 0 Å². The molecule has 1 atom stereocenters. The van der Waals surface area contributed by atoms with Crippen molar-refractivity contribution in [2.45, 2.75) is 13.0 Å². The van der Waals surface area contributed by atoms with Crippen molar-refractivity contribution in [3.8, 4) is 0 Å². The standard InChI is InChI=1S/C6H13NO/c1-3-4-7-6(2)5-8/h3,6-8H,1,4-5H2,2H3. The van der Waals surface area contributed by atoms with Crippen LogP contribution >= 0.6 is 0 Å². The van der Waals surface area contributed by atoms with Crippen molar-refractivity contribution in [1.82, 2.24) is 5.32 Å². The Balaban J connectivity index is 2.97. The lowest BCUT2D eigenvalue weighted by Crippen LogP contribution is -2.28. The lowest BCUT2D eigenvalue weighted by molar-refractivity contribution is 0.255. The first-order valence-corrected chi connectivity index (χ1v) is 2.76. The predicted molar refractivity (Wildman–Crippen MR) is 34.7 cm³/mol. The second-order valence-electron chi connectivity index (χ2n) is 1.78. The molecule has 0 saturated heterocycles. The summed E-state index contributed by atoms with van der Waals surface area (Å²) < 4.78 is 0. The van der Waals surface area contributed by atoms with E-state index in [0.717, 1.165) is 6.54 Å². The van der Waals surface area contributed by atoms with Gasteiger partial charge >= 0.3 is 0 Å². The largest absolute Gasteiger partial charge is 0.395 e. The van der Waals surface area contributed by atoms with E-state index in [1.807, 2.05) is 6.92 Å². The van der Waals surface area contributed by atoms with E-state index in [2.05, 4.69) is 11.9 Å². The van der Waals surface area contributed by atoms with Gasteiger partial charge in [0.05, 0.1) is 6.61 Å². The van der Waals surface area contributed by atoms with Crippen LogP contribution in [-0.2, 0) is 0 Å². The minimum Gasteiger partial charge on any atom is -0.395 e. The van der Waals surface area contributed by atoms with Crippen molar-refractivity contribution in [3.05, 3.63) is 12.7 Å². The number of aliphatic hydroxyl groups is 1. The third-order valence-corrected chi connectivity index (χ3v) is 0.885. The molecule has 0 aromatic heterocycles. The van der Waals surface area contributed by atoms with E-state index in [4.69, 9.17) is 5.11 Å². The van der Waals surface area contributed by atoms with Crippen LogP contribution in [0.1, 0.15) is 6.92 Å². The third kappa shape index (κ3) is 3.84. The molecule has 2 heteroatoms. The maximum atomic E-state index is 8.46. The first-order valence-electron chi connectivity index (χ1n) is 2.76. The molecule has 0 aliphatic rings. The first-order chi connectivity index (χ1) is 3.81. The van der Waals surface area contributed by atoms with Crippen LogP contribution < -0.4 is 5.32 Å². The molecule has 8 heavy (non-hydrogen) atoms. The van der Waals surface area contributed by atoms with Gasteiger partial charge < -0.3 is 10.4 Å². The average Bonchev–Trinajstić information content (AvgIpc) is 1.83. The summed E-state index contributed by atoms with van der Waals surface area (Å²) in [7, 11) is 0. The maximum Gasteiger partial charge on any atom is 0.0582 e. The SMILES string of the molecule is C=CCNC(C)CO. The number of rotatable bonds is 4. The molecule has 0 aromatic rings. The Morgan fingerprint density at radius 1 is 1.88 bits per heavy atom. The number of aliphatic hydroxyl groups excluding tert-OH is 1. The molecule has 1 unspecified atom stereocenters. The summed E-state index contributed by atoms with van der Waals surface area (Å²) in [4.78, 5) is 0. The fourth-order valence-electron chi connectivity index (χ4n) is 0.349. The van der Waals surface area contributed by atoms with Gasteiger partial charge in [-0.3, -0.25) is 0 Å². The van der Waals surface area contributed by atoms with Crippen LogP contribution in [0.5, 0.6) is 0 Å². The molecule has 0 bridgehead atoms. The zero-order chi connectivity index (χ0) is 6.41. The van der Waals surface area contributed by atoms with Crippen LogP contribution in [0.15, 0.2) is 12.7 Å². The summed E-state index contributed by atoms with van der Waals surface area (Å²) in [5, 5.41) is 11.5. The van der Waals surface area contributed by atoms with Gasteiger partial charge in [-0.15, -0.1) is 6.58 Å². The van der Waals surface area contributed by atoms with Crippen molar-refractivity contribution in [2.24, 2.45) is 0 Å². The molecule has 0 aliphatic heterocycles. The summed E-state index contributed by atoms with van der Waals surface area (Å²) in [6.07, 6.45) is 1.77. The van der Waals surface area contributed by atoms with E-state index in [9.17, 15) is 0 Å². The second kappa shape index (κ2) is 4.81. The van der Waals surface area contributed by atoms with Gasteiger partial charge in [0.25, 0.3) is 0 Å². The normalized spacial score (nSPS) is 13.2. The van der Waals surface area contributed by atoms with Gasteiger partial charge in [0.2, 0.25) is 0 Å². The Bertz CT molecular complexity index is 63.5. The number of nitrogens with one attached hydrogen (secondary N) is 1. The van der Waals surface area contributed by atoms with Gasteiger partial charge in [-0.25, -0.2) is 0 Å². The zero-order valence-corrected chi connectivity index (χ0v) is 5.22. The highest BCUT2D eigenvalue weighted by Gasteiger charge is 1.92. The topological polar surface area (TPSA) is 32.3 Å². The average molecular weight is 115 g/mol. The van der Waals surface area contributed by atoms with Gasteiger partial charge in [-0.1, -0.05) is 6.08 Å². The van der Waals surface area contributed by atoms with Crippen molar-refractivity contribution in [3.63, 3.8) is 0 Å². The molecule has 0 rings (SSSR count). The summed E-state index contributed by atoms with van der Waals surface area (Å²) in [5.41, 5.74) is 0. The van der Waals surface area contributed by atoms with Gasteiger partial charge in [-0.05, 0) is 6.92 Å². The molecule has 0 amide bonds. The first kappa shape index (κ1) is 7.66. The highest BCUT2D eigenvalue weighted by Crippen LogP contribution is 1.74. The van der Waals surface area contributed by atoms with E-state index in [-0.39, 0.29) is 12.6 Å². The molecule has 0 aliphatic carbocycles. The Labute approximate surface area is 50.2 Å². The summed E-state index contributed by atoms with van der Waals surface area (Å²) in [6.45, 7) is 6.40. The van der Waals surface area contributed by atoms with Gasteiger partial charge in [-0.2, -0.15) is 0 Å².